The number of H-pyrrole nitrogens is 1. The van der Waals surface area contributed by atoms with Gasteiger partial charge in [0.15, 0.2) is 5.65 Å². The lowest BCUT2D eigenvalue weighted by Gasteiger charge is -2.24. The first-order valence-electron chi connectivity index (χ1n) is 25.3. The highest BCUT2D eigenvalue weighted by Gasteiger charge is 2.13. The first-order valence-corrected chi connectivity index (χ1v) is 25.3. The molecule has 0 amide bonds. The molecule has 0 aliphatic carbocycles. The van der Waals surface area contributed by atoms with Crippen LogP contribution in [0.5, 0.6) is 0 Å². The molecule has 9 aromatic rings. The molecule has 0 bridgehead atoms. The summed E-state index contributed by atoms with van der Waals surface area (Å²) >= 11 is 0. The van der Waals surface area contributed by atoms with Gasteiger partial charge in [-0.1, -0.05) is 117 Å². The maximum atomic E-state index is 4.42. The van der Waals surface area contributed by atoms with Crippen molar-refractivity contribution >= 4 is 49.7 Å². The fourth-order valence-corrected chi connectivity index (χ4v) is 6.81. The van der Waals surface area contributed by atoms with Gasteiger partial charge in [0, 0.05) is 46.3 Å². The Morgan fingerprint density at radius 3 is 1.61 bits per heavy atom. The molecule has 5 aromatic heterocycles. The zero-order valence-corrected chi connectivity index (χ0v) is 46.1. The van der Waals surface area contributed by atoms with E-state index in [4.69, 9.17) is 0 Å². The van der Waals surface area contributed by atoms with Gasteiger partial charge in [-0.3, -0.25) is 9.97 Å². The van der Waals surface area contributed by atoms with E-state index in [1.54, 1.807) is 6.20 Å². The van der Waals surface area contributed by atoms with Gasteiger partial charge in [-0.2, -0.15) is 0 Å². The van der Waals surface area contributed by atoms with Crippen LogP contribution in [0.1, 0.15) is 139 Å². The molecule has 0 saturated carbocycles. The van der Waals surface area contributed by atoms with Crippen molar-refractivity contribution in [1.29, 1.82) is 0 Å². The van der Waals surface area contributed by atoms with Crippen LogP contribution in [-0.2, 0) is 6.42 Å². The molecular formula is C61H86N8. The van der Waals surface area contributed by atoms with E-state index in [1.807, 2.05) is 140 Å². The van der Waals surface area contributed by atoms with Crippen molar-refractivity contribution in [3.05, 3.63) is 172 Å². The monoisotopic (exact) mass is 931 g/mol. The largest absolute Gasteiger partial charge is 0.382 e. The molecule has 69 heavy (non-hydrogen) atoms. The predicted octanol–water partition coefficient (Wildman–Crippen LogP) is 17.4. The number of hydrogen-bond donors (Lipinski definition) is 2. The number of rotatable bonds is 0. The topological polar surface area (TPSA) is 105 Å². The minimum absolute atomic E-state index is 0.639. The first-order chi connectivity index (χ1) is 33.3. The highest BCUT2D eigenvalue weighted by molar-refractivity contribution is 5.79. The van der Waals surface area contributed by atoms with Crippen molar-refractivity contribution in [1.82, 2.24) is 34.9 Å². The lowest BCUT2D eigenvalue weighted by molar-refractivity contribution is 0.680. The van der Waals surface area contributed by atoms with Crippen LogP contribution >= 0.6 is 0 Å². The number of aromatic nitrogens is 7. The normalized spacial score (nSPS) is 11.3. The van der Waals surface area contributed by atoms with Crippen molar-refractivity contribution in [2.45, 2.75) is 157 Å². The average Bonchev–Trinajstić information content (AvgIpc) is 3.75. The van der Waals surface area contributed by atoms with Gasteiger partial charge in [0.05, 0.1) is 33.3 Å². The number of fused-ring (bicyclic) bond motifs is 5. The second-order valence-electron chi connectivity index (χ2n) is 15.8. The summed E-state index contributed by atoms with van der Waals surface area (Å²) in [5.41, 5.74) is 18.2. The Bertz CT molecular complexity index is 2520. The number of pyridine rings is 3. The Labute approximate surface area is 417 Å². The second kappa shape index (κ2) is 33.0. The molecule has 4 aromatic carbocycles. The Balaban J connectivity index is 0.000000412. The van der Waals surface area contributed by atoms with Gasteiger partial charge < -0.3 is 10.3 Å². The Morgan fingerprint density at radius 2 is 0.942 bits per heavy atom. The standard InChI is InChI=1S/C11H15N.C11H11N.2C10H10N2.C9H10N2.5C2H6/c2*1-8-3-6-11-10(7-8)5-4-9(2)12-11;1-7-5-9-4-3-8(2)12-10(9)11-6-7;1-7-3-4-9-10(5-7)11-6-8(2)12-9;1-6-3-4-8-9(5-6)11-7(2)10-8;5*1-2/h3,6-7,9,12H,4-5H2,1-2H3;3-7H,1-2H3;2*3-6H,1-2H3;3-5H,1-2H3,(H,10,11);5*1-2H3. The molecule has 1 aliphatic heterocycles. The third-order valence-corrected chi connectivity index (χ3v) is 9.89. The van der Waals surface area contributed by atoms with Gasteiger partial charge in [0.2, 0.25) is 0 Å². The van der Waals surface area contributed by atoms with Gasteiger partial charge in [-0.15, -0.1) is 0 Å². The average molecular weight is 931 g/mol. The molecule has 0 radical (unpaired) electrons. The van der Waals surface area contributed by atoms with Crippen molar-refractivity contribution < 1.29 is 0 Å². The van der Waals surface area contributed by atoms with E-state index in [-0.39, 0.29) is 0 Å². The van der Waals surface area contributed by atoms with Crippen LogP contribution in [0.25, 0.3) is 44.0 Å². The van der Waals surface area contributed by atoms with Crippen LogP contribution in [0.2, 0.25) is 0 Å². The van der Waals surface area contributed by atoms with Crippen molar-refractivity contribution in [2.24, 2.45) is 0 Å². The molecular weight excluding hydrogens is 845 g/mol. The summed E-state index contributed by atoms with van der Waals surface area (Å²) in [6.45, 7) is 40.6. The van der Waals surface area contributed by atoms with Crippen molar-refractivity contribution in [3.63, 3.8) is 0 Å². The Hall–Kier alpha value is -6.54. The number of aromatic amines is 1. The summed E-state index contributed by atoms with van der Waals surface area (Å²) in [7, 11) is 0. The molecule has 8 nitrogen and oxygen atoms in total. The van der Waals surface area contributed by atoms with Crippen LogP contribution in [0.15, 0.2) is 116 Å². The van der Waals surface area contributed by atoms with Gasteiger partial charge in [-0.25, -0.2) is 19.9 Å². The van der Waals surface area contributed by atoms with Crippen LogP contribution in [-0.4, -0.2) is 40.9 Å². The lowest BCUT2D eigenvalue weighted by atomic mass is 9.97. The molecule has 8 heteroatoms. The molecule has 370 valence electrons. The molecule has 0 saturated heterocycles. The van der Waals surface area contributed by atoms with Crippen LogP contribution in [0.4, 0.5) is 5.69 Å². The molecule has 1 aliphatic rings. The van der Waals surface area contributed by atoms with Crippen LogP contribution in [0, 0.1) is 62.3 Å². The molecule has 6 heterocycles. The predicted molar refractivity (Wildman–Crippen MR) is 304 cm³/mol. The van der Waals surface area contributed by atoms with Gasteiger partial charge in [0.1, 0.15) is 5.82 Å². The number of imidazole rings is 1. The van der Waals surface area contributed by atoms with Crippen molar-refractivity contribution in [2.75, 3.05) is 5.32 Å². The molecule has 10 rings (SSSR count). The number of nitrogens with one attached hydrogen (secondary N) is 2. The summed E-state index contributed by atoms with van der Waals surface area (Å²) < 4.78 is 0. The summed E-state index contributed by atoms with van der Waals surface area (Å²) in [6, 6.07) is 36.2. The summed E-state index contributed by atoms with van der Waals surface area (Å²) in [5, 5.41) is 5.82. The minimum Gasteiger partial charge on any atom is -0.382 e. The lowest BCUT2D eigenvalue weighted by Crippen LogP contribution is -2.21. The summed E-state index contributed by atoms with van der Waals surface area (Å²) in [5.74, 6) is 0.977. The molecule has 0 spiro atoms. The number of anilines is 1. The number of nitrogens with zero attached hydrogens (tertiary/aromatic N) is 6. The maximum absolute atomic E-state index is 4.42. The van der Waals surface area contributed by atoms with Gasteiger partial charge in [0.25, 0.3) is 0 Å². The highest BCUT2D eigenvalue weighted by Crippen LogP contribution is 2.25. The number of benzene rings is 4. The molecule has 0 fully saturated rings. The Kier molecular flexibility index (Phi) is 29.0. The first kappa shape index (κ1) is 60.5. The van der Waals surface area contributed by atoms with E-state index in [2.05, 4.69) is 148 Å². The van der Waals surface area contributed by atoms with E-state index in [1.165, 1.54) is 57.3 Å². The quantitative estimate of drug-likeness (QED) is 0.156. The second-order valence-corrected chi connectivity index (χ2v) is 15.8. The summed E-state index contributed by atoms with van der Waals surface area (Å²) in [6.07, 6.45) is 6.12. The van der Waals surface area contributed by atoms with E-state index in [9.17, 15) is 0 Å². The zero-order valence-electron chi connectivity index (χ0n) is 46.1. The van der Waals surface area contributed by atoms with Crippen LogP contribution in [0.3, 0.4) is 0 Å². The third-order valence-electron chi connectivity index (χ3n) is 9.89. The van der Waals surface area contributed by atoms with Gasteiger partial charge in [-0.05, 0) is 171 Å². The number of hydrogen-bond acceptors (Lipinski definition) is 7. The van der Waals surface area contributed by atoms with E-state index in [0.29, 0.717) is 6.04 Å². The number of aryl methyl sites for hydroxylation is 10. The SMILES string of the molecule is CC.CC.CC.CC.CC.Cc1ccc2c(c1)CCC(C)N2.Cc1ccc2nc(C)[nH]c2c1.Cc1ccc2nc(C)ccc2c1.Cc1ccc2nc(C)cnc2c1.Cc1cnc2nc(C)ccc2c1. The smallest absolute Gasteiger partial charge is 0.159 e. The maximum Gasteiger partial charge on any atom is 0.159 e. The van der Waals surface area contributed by atoms with E-state index < -0.39 is 0 Å². The fraction of sp³-hybridized carbons (Fsp3) is 0.377. The third kappa shape index (κ3) is 20.7. The van der Waals surface area contributed by atoms with Crippen molar-refractivity contribution in [3.8, 4) is 0 Å². The summed E-state index contributed by atoms with van der Waals surface area (Å²) in [4.78, 5) is 29.1. The van der Waals surface area contributed by atoms with Gasteiger partial charge >= 0.3 is 0 Å². The molecule has 1 unspecified atom stereocenters. The Morgan fingerprint density at radius 1 is 0.420 bits per heavy atom. The molecule has 2 N–H and O–H groups in total. The molecule has 1 atom stereocenters. The van der Waals surface area contributed by atoms with Crippen LogP contribution < -0.4 is 5.32 Å². The fourth-order valence-electron chi connectivity index (χ4n) is 6.81. The zero-order chi connectivity index (χ0) is 52.1. The highest BCUT2D eigenvalue weighted by atomic mass is 14.9. The minimum atomic E-state index is 0.639. The van der Waals surface area contributed by atoms with E-state index >= 15 is 0 Å². The van der Waals surface area contributed by atoms with E-state index in [0.717, 1.165) is 61.5 Å².